The van der Waals surface area contributed by atoms with Crippen LogP contribution in [0.2, 0.25) is 0 Å². The van der Waals surface area contributed by atoms with E-state index in [1.165, 1.54) is 6.92 Å². The summed E-state index contributed by atoms with van der Waals surface area (Å²) in [4.78, 5) is 22.2. The van der Waals surface area contributed by atoms with Gasteiger partial charge in [0, 0.05) is 5.56 Å². The van der Waals surface area contributed by atoms with Crippen molar-refractivity contribution in [3.8, 4) is 0 Å². The summed E-state index contributed by atoms with van der Waals surface area (Å²) in [7, 11) is 0. The van der Waals surface area contributed by atoms with Crippen molar-refractivity contribution in [2.75, 3.05) is 0 Å². The van der Waals surface area contributed by atoms with Crippen LogP contribution < -0.4 is 0 Å². The highest BCUT2D eigenvalue weighted by Crippen LogP contribution is 2.11. The Morgan fingerprint density at radius 2 is 1.80 bits per heavy atom. The number of Topliss-reactive ketones (excluding diaryl/α,β-unsaturated/α-hetero) is 1. The third-order valence-corrected chi connectivity index (χ3v) is 2.41. The Labute approximate surface area is 88.7 Å². The van der Waals surface area contributed by atoms with Crippen molar-refractivity contribution in [3.05, 3.63) is 35.4 Å². The molecule has 1 aromatic carbocycles. The number of carbonyl (C=O) groups is 2. The SMILES string of the molecule is CCc1ccc(C(=O)C(C)C(=O)O)cc1. The van der Waals surface area contributed by atoms with Crippen molar-refractivity contribution in [3.63, 3.8) is 0 Å². The van der Waals surface area contributed by atoms with Crippen LogP contribution in [0.15, 0.2) is 24.3 Å². The van der Waals surface area contributed by atoms with Gasteiger partial charge in [0.25, 0.3) is 0 Å². The molecule has 1 aromatic rings. The highest BCUT2D eigenvalue weighted by atomic mass is 16.4. The van der Waals surface area contributed by atoms with Crippen molar-refractivity contribution in [1.82, 2.24) is 0 Å². The number of aryl methyl sites for hydroxylation is 1. The molecule has 0 bridgehead atoms. The minimum absolute atomic E-state index is 0.342. The molecule has 0 saturated heterocycles. The maximum atomic E-state index is 11.6. The van der Waals surface area contributed by atoms with Crippen LogP contribution >= 0.6 is 0 Å². The van der Waals surface area contributed by atoms with Crippen LogP contribution in [-0.4, -0.2) is 16.9 Å². The van der Waals surface area contributed by atoms with Gasteiger partial charge in [-0.25, -0.2) is 0 Å². The van der Waals surface area contributed by atoms with Crippen molar-refractivity contribution in [2.45, 2.75) is 20.3 Å². The van der Waals surface area contributed by atoms with Gasteiger partial charge < -0.3 is 5.11 Å². The first kappa shape index (κ1) is 11.4. The van der Waals surface area contributed by atoms with E-state index in [1.54, 1.807) is 12.1 Å². The van der Waals surface area contributed by atoms with Gasteiger partial charge in [0.2, 0.25) is 0 Å². The molecule has 0 aliphatic rings. The Hall–Kier alpha value is -1.64. The van der Waals surface area contributed by atoms with Crippen LogP contribution in [0.4, 0.5) is 0 Å². The summed E-state index contributed by atoms with van der Waals surface area (Å²) in [5.74, 6) is -2.40. The third kappa shape index (κ3) is 2.65. The van der Waals surface area contributed by atoms with Crippen LogP contribution in [0.1, 0.15) is 29.8 Å². The zero-order valence-electron chi connectivity index (χ0n) is 8.86. The van der Waals surface area contributed by atoms with E-state index in [1.807, 2.05) is 19.1 Å². The van der Waals surface area contributed by atoms with Crippen molar-refractivity contribution < 1.29 is 14.7 Å². The molecule has 80 valence electrons. The van der Waals surface area contributed by atoms with Gasteiger partial charge in [0.15, 0.2) is 5.78 Å². The Morgan fingerprint density at radius 3 is 2.20 bits per heavy atom. The lowest BCUT2D eigenvalue weighted by atomic mass is 9.98. The molecular formula is C12H14O3. The molecule has 0 heterocycles. The zero-order chi connectivity index (χ0) is 11.4. The van der Waals surface area contributed by atoms with Crippen molar-refractivity contribution >= 4 is 11.8 Å². The molecule has 15 heavy (non-hydrogen) atoms. The molecule has 0 aliphatic heterocycles. The number of rotatable bonds is 4. The van der Waals surface area contributed by atoms with E-state index in [0.717, 1.165) is 12.0 Å². The molecule has 0 amide bonds. The summed E-state index contributed by atoms with van der Waals surface area (Å²) in [6.45, 7) is 3.43. The number of benzene rings is 1. The molecule has 1 N–H and O–H groups in total. The summed E-state index contributed by atoms with van der Waals surface area (Å²) in [6, 6.07) is 7.06. The van der Waals surface area contributed by atoms with E-state index in [9.17, 15) is 9.59 Å². The summed E-state index contributed by atoms with van der Waals surface area (Å²) in [5, 5.41) is 8.69. The molecule has 0 saturated carbocycles. The lowest BCUT2D eigenvalue weighted by molar-refractivity contribution is -0.139. The van der Waals surface area contributed by atoms with Gasteiger partial charge in [-0.15, -0.1) is 0 Å². The fourth-order valence-electron chi connectivity index (χ4n) is 1.27. The van der Waals surface area contributed by atoms with E-state index >= 15 is 0 Å². The number of carbonyl (C=O) groups excluding carboxylic acids is 1. The average Bonchev–Trinajstić information content (AvgIpc) is 2.27. The van der Waals surface area contributed by atoms with Crippen molar-refractivity contribution in [1.29, 1.82) is 0 Å². The van der Waals surface area contributed by atoms with Gasteiger partial charge in [-0.05, 0) is 18.9 Å². The predicted molar refractivity (Wildman–Crippen MR) is 57.0 cm³/mol. The van der Waals surface area contributed by atoms with Gasteiger partial charge in [-0.2, -0.15) is 0 Å². The van der Waals surface area contributed by atoms with Gasteiger partial charge in [-0.3, -0.25) is 9.59 Å². The summed E-state index contributed by atoms with van der Waals surface area (Å²) >= 11 is 0. The fourth-order valence-corrected chi connectivity index (χ4v) is 1.27. The molecular weight excluding hydrogens is 192 g/mol. The highest BCUT2D eigenvalue weighted by molar-refractivity contribution is 6.07. The van der Waals surface area contributed by atoms with E-state index in [-0.39, 0.29) is 5.78 Å². The van der Waals surface area contributed by atoms with E-state index in [2.05, 4.69) is 0 Å². The Kier molecular flexibility index (Phi) is 3.61. The first-order valence-electron chi connectivity index (χ1n) is 4.92. The molecule has 3 heteroatoms. The van der Waals surface area contributed by atoms with E-state index in [0.29, 0.717) is 5.56 Å². The van der Waals surface area contributed by atoms with Crippen LogP contribution in [0.25, 0.3) is 0 Å². The smallest absolute Gasteiger partial charge is 0.314 e. The monoisotopic (exact) mass is 206 g/mol. The Bertz CT molecular complexity index is 365. The first-order chi connectivity index (χ1) is 7.06. The maximum Gasteiger partial charge on any atom is 0.314 e. The summed E-state index contributed by atoms with van der Waals surface area (Å²) in [6.07, 6.45) is 0.906. The lowest BCUT2D eigenvalue weighted by Gasteiger charge is -2.05. The average molecular weight is 206 g/mol. The van der Waals surface area contributed by atoms with Gasteiger partial charge in [-0.1, -0.05) is 31.2 Å². The molecule has 0 radical (unpaired) electrons. The fraction of sp³-hybridized carbons (Fsp3) is 0.333. The second-order valence-corrected chi connectivity index (χ2v) is 3.47. The second kappa shape index (κ2) is 4.73. The number of carboxylic acid groups (broad SMARTS) is 1. The summed E-state index contributed by atoms with van der Waals surface area (Å²) < 4.78 is 0. The van der Waals surface area contributed by atoms with Gasteiger partial charge in [0.05, 0.1) is 0 Å². The molecule has 0 aromatic heterocycles. The number of carboxylic acids is 1. The molecule has 3 nitrogen and oxygen atoms in total. The molecule has 0 spiro atoms. The van der Waals surface area contributed by atoms with Crippen LogP contribution in [-0.2, 0) is 11.2 Å². The quantitative estimate of drug-likeness (QED) is 0.606. The van der Waals surface area contributed by atoms with Crippen LogP contribution in [0, 0.1) is 5.92 Å². The number of ketones is 1. The number of hydrogen-bond acceptors (Lipinski definition) is 2. The molecule has 0 fully saturated rings. The van der Waals surface area contributed by atoms with E-state index in [4.69, 9.17) is 5.11 Å². The number of aliphatic carboxylic acids is 1. The Morgan fingerprint density at radius 1 is 1.27 bits per heavy atom. The zero-order valence-corrected chi connectivity index (χ0v) is 8.86. The third-order valence-electron chi connectivity index (χ3n) is 2.41. The topological polar surface area (TPSA) is 54.4 Å². The minimum Gasteiger partial charge on any atom is -0.481 e. The highest BCUT2D eigenvalue weighted by Gasteiger charge is 2.21. The number of hydrogen-bond donors (Lipinski definition) is 1. The van der Waals surface area contributed by atoms with Gasteiger partial charge in [0.1, 0.15) is 5.92 Å². The normalized spacial score (nSPS) is 12.1. The van der Waals surface area contributed by atoms with E-state index < -0.39 is 11.9 Å². The molecule has 1 atom stereocenters. The van der Waals surface area contributed by atoms with Gasteiger partial charge >= 0.3 is 5.97 Å². The molecule has 1 rings (SSSR count). The first-order valence-corrected chi connectivity index (χ1v) is 4.92. The minimum atomic E-state index is -1.08. The summed E-state index contributed by atoms with van der Waals surface area (Å²) in [5.41, 5.74) is 1.59. The molecule has 1 unspecified atom stereocenters. The Balaban J connectivity index is 2.87. The standard InChI is InChI=1S/C12H14O3/c1-3-9-4-6-10(7-5-9)11(13)8(2)12(14)15/h4-8H,3H2,1-2H3,(H,14,15). The maximum absolute atomic E-state index is 11.6. The van der Waals surface area contributed by atoms with Crippen LogP contribution in [0.5, 0.6) is 0 Å². The molecule has 0 aliphatic carbocycles. The van der Waals surface area contributed by atoms with Crippen LogP contribution in [0.3, 0.4) is 0 Å². The lowest BCUT2D eigenvalue weighted by Crippen LogP contribution is -2.20. The predicted octanol–water partition coefficient (Wildman–Crippen LogP) is 2.15. The largest absolute Gasteiger partial charge is 0.481 e. The van der Waals surface area contributed by atoms with Crippen molar-refractivity contribution in [2.24, 2.45) is 5.92 Å². The second-order valence-electron chi connectivity index (χ2n) is 3.47.